The Morgan fingerprint density at radius 1 is 1.15 bits per heavy atom. The molecule has 0 saturated carbocycles. The predicted octanol–water partition coefficient (Wildman–Crippen LogP) is 2.33. The molecular formula is C20H32N2O4. The first-order valence-corrected chi connectivity index (χ1v) is 9.53. The summed E-state index contributed by atoms with van der Waals surface area (Å²) >= 11 is 0. The number of ether oxygens (including phenoxy) is 3. The maximum Gasteiger partial charge on any atom is 0.257 e. The lowest BCUT2D eigenvalue weighted by Gasteiger charge is -2.38. The molecule has 1 aromatic carbocycles. The zero-order chi connectivity index (χ0) is 18.8. The Hall–Kier alpha value is -1.79. The van der Waals surface area contributed by atoms with Crippen LogP contribution in [0, 0.1) is 5.92 Å². The van der Waals surface area contributed by atoms with Crippen LogP contribution in [-0.2, 0) is 9.53 Å². The van der Waals surface area contributed by atoms with Gasteiger partial charge < -0.3 is 19.5 Å². The van der Waals surface area contributed by atoms with Gasteiger partial charge in [0, 0.05) is 25.7 Å². The fraction of sp³-hybridized carbons (Fsp3) is 0.650. The van der Waals surface area contributed by atoms with Gasteiger partial charge in [0.25, 0.3) is 5.91 Å². The summed E-state index contributed by atoms with van der Waals surface area (Å²) in [6, 6.07) is 7.57. The molecule has 1 aliphatic rings. The molecule has 1 unspecified atom stereocenters. The van der Waals surface area contributed by atoms with E-state index >= 15 is 0 Å². The molecule has 2 rings (SSSR count). The number of methoxy groups -OCH3 is 1. The highest BCUT2D eigenvalue weighted by Crippen LogP contribution is 2.20. The van der Waals surface area contributed by atoms with Gasteiger partial charge in [-0.15, -0.1) is 0 Å². The van der Waals surface area contributed by atoms with Crippen molar-refractivity contribution in [2.24, 2.45) is 5.92 Å². The van der Waals surface area contributed by atoms with Gasteiger partial charge in [0.1, 0.15) is 11.5 Å². The van der Waals surface area contributed by atoms with Gasteiger partial charge in [0.2, 0.25) is 0 Å². The third-order valence-corrected chi connectivity index (χ3v) is 5.05. The minimum Gasteiger partial charge on any atom is -0.497 e. The summed E-state index contributed by atoms with van der Waals surface area (Å²) in [7, 11) is 1.62. The second-order valence-electron chi connectivity index (χ2n) is 6.56. The fourth-order valence-corrected chi connectivity index (χ4v) is 3.43. The molecule has 0 aliphatic carbocycles. The molecule has 1 aromatic rings. The van der Waals surface area contributed by atoms with Crippen molar-refractivity contribution in [1.82, 2.24) is 10.2 Å². The number of amides is 1. The molecule has 1 saturated heterocycles. The maximum absolute atomic E-state index is 12.2. The highest BCUT2D eigenvalue weighted by molar-refractivity contribution is 5.77. The van der Waals surface area contributed by atoms with Gasteiger partial charge >= 0.3 is 0 Å². The van der Waals surface area contributed by atoms with Crippen LogP contribution in [0.25, 0.3) is 0 Å². The number of rotatable bonds is 10. The molecular weight excluding hydrogens is 332 g/mol. The van der Waals surface area contributed by atoms with Crippen molar-refractivity contribution in [3.05, 3.63) is 24.3 Å². The summed E-state index contributed by atoms with van der Waals surface area (Å²) in [5.74, 6) is 1.90. The van der Waals surface area contributed by atoms with Gasteiger partial charge in [-0.2, -0.15) is 0 Å². The lowest BCUT2D eigenvalue weighted by molar-refractivity contribution is -0.123. The zero-order valence-corrected chi connectivity index (χ0v) is 16.2. The molecule has 0 radical (unpaired) electrons. The summed E-state index contributed by atoms with van der Waals surface area (Å²) in [5.41, 5.74) is 0. The van der Waals surface area contributed by atoms with Crippen molar-refractivity contribution >= 4 is 5.91 Å². The smallest absolute Gasteiger partial charge is 0.257 e. The average molecular weight is 364 g/mol. The number of carbonyl (C=O) groups excluding carboxylic acids is 1. The van der Waals surface area contributed by atoms with E-state index < -0.39 is 0 Å². The second kappa shape index (κ2) is 11.0. The van der Waals surface area contributed by atoms with E-state index in [0.717, 1.165) is 44.9 Å². The van der Waals surface area contributed by atoms with E-state index in [4.69, 9.17) is 14.2 Å². The minimum absolute atomic E-state index is 0.0189. The van der Waals surface area contributed by atoms with Crippen molar-refractivity contribution in [2.45, 2.75) is 32.7 Å². The Kier molecular flexibility index (Phi) is 8.71. The van der Waals surface area contributed by atoms with Crippen molar-refractivity contribution in [1.29, 1.82) is 0 Å². The van der Waals surface area contributed by atoms with E-state index in [2.05, 4.69) is 24.1 Å². The number of hydrogen-bond acceptors (Lipinski definition) is 5. The van der Waals surface area contributed by atoms with Crippen LogP contribution in [0.15, 0.2) is 24.3 Å². The topological polar surface area (TPSA) is 60.0 Å². The minimum atomic E-state index is -0.0926. The van der Waals surface area contributed by atoms with Crippen LogP contribution in [0.1, 0.15) is 26.7 Å². The molecule has 146 valence electrons. The lowest BCUT2D eigenvalue weighted by Crippen LogP contribution is -2.52. The molecule has 0 aromatic heterocycles. The molecule has 6 heteroatoms. The predicted molar refractivity (Wildman–Crippen MR) is 102 cm³/mol. The van der Waals surface area contributed by atoms with Crippen LogP contribution < -0.4 is 14.8 Å². The first kappa shape index (κ1) is 20.5. The summed E-state index contributed by atoms with van der Waals surface area (Å²) in [6.45, 7) is 8.50. The van der Waals surface area contributed by atoms with Gasteiger partial charge in [0.15, 0.2) is 6.61 Å². The highest BCUT2D eigenvalue weighted by atomic mass is 16.5. The SMILES string of the molecule is CCC(CC)C(CNC(=O)COc1ccc(OC)cc1)N1CCOCC1. The van der Waals surface area contributed by atoms with Crippen LogP contribution in [0.2, 0.25) is 0 Å². The van der Waals surface area contributed by atoms with Crippen molar-refractivity contribution in [3.8, 4) is 11.5 Å². The first-order valence-electron chi connectivity index (χ1n) is 9.53. The van der Waals surface area contributed by atoms with Crippen LogP contribution in [0.3, 0.4) is 0 Å². The zero-order valence-electron chi connectivity index (χ0n) is 16.2. The van der Waals surface area contributed by atoms with Gasteiger partial charge in [-0.25, -0.2) is 0 Å². The Labute approximate surface area is 156 Å². The molecule has 0 spiro atoms. The third-order valence-electron chi connectivity index (χ3n) is 5.05. The maximum atomic E-state index is 12.2. The molecule has 0 bridgehead atoms. The summed E-state index contributed by atoms with van der Waals surface area (Å²) < 4.78 is 16.1. The largest absolute Gasteiger partial charge is 0.497 e. The second-order valence-corrected chi connectivity index (χ2v) is 6.56. The Morgan fingerprint density at radius 3 is 2.35 bits per heavy atom. The molecule has 1 N–H and O–H groups in total. The molecule has 26 heavy (non-hydrogen) atoms. The normalized spacial score (nSPS) is 16.3. The van der Waals surface area contributed by atoms with Gasteiger partial charge in [-0.1, -0.05) is 26.7 Å². The quantitative estimate of drug-likeness (QED) is 0.690. The van der Waals surface area contributed by atoms with Gasteiger partial charge in [-0.3, -0.25) is 9.69 Å². The lowest BCUT2D eigenvalue weighted by atomic mass is 9.92. The van der Waals surface area contributed by atoms with E-state index in [1.807, 2.05) is 12.1 Å². The number of morpholine rings is 1. The van der Waals surface area contributed by atoms with Crippen LogP contribution >= 0.6 is 0 Å². The molecule has 6 nitrogen and oxygen atoms in total. The van der Waals surface area contributed by atoms with E-state index in [-0.39, 0.29) is 12.5 Å². The van der Waals surface area contributed by atoms with Crippen LogP contribution in [-0.4, -0.2) is 63.4 Å². The third kappa shape index (κ3) is 6.18. The van der Waals surface area contributed by atoms with E-state index in [9.17, 15) is 4.79 Å². The number of nitrogens with zero attached hydrogens (tertiary/aromatic N) is 1. The standard InChI is InChI=1S/C20H32N2O4/c1-4-16(5-2)19(22-10-12-25-13-11-22)14-21-20(23)15-26-18-8-6-17(24-3)7-9-18/h6-9,16,19H,4-5,10-15H2,1-3H3,(H,21,23). The first-order chi connectivity index (χ1) is 12.7. The molecule has 1 amide bonds. The molecule has 1 aliphatic heterocycles. The van der Waals surface area contributed by atoms with Gasteiger partial charge in [0.05, 0.1) is 20.3 Å². The van der Waals surface area contributed by atoms with Gasteiger partial charge in [-0.05, 0) is 30.2 Å². The molecule has 1 fully saturated rings. The Bertz CT molecular complexity index is 525. The Morgan fingerprint density at radius 2 is 1.77 bits per heavy atom. The summed E-state index contributed by atoms with van der Waals surface area (Å²) in [5, 5.41) is 3.05. The average Bonchev–Trinajstić information content (AvgIpc) is 2.70. The van der Waals surface area contributed by atoms with E-state index in [1.165, 1.54) is 0 Å². The van der Waals surface area contributed by atoms with Crippen molar-refractivity contribution < 1.29 is 19.0 Å². The number of carbonyl (C=O) groups is 1. The van der Waals surface area contributed by atoms with Crippen molar-refractivity contribution in [3.63, 3.8) is 0 Å². The van der Waals surface area contributed by atoms with E-state index in [1.54, 1.807) is 19.2 Å². The summed E-state index contributed by atoms with van der Waals surface area (Å²) in [6.07, 6.45) is 2.22. The molecule has 1 atom stereocenters. The Balaban J connectivity index is 1.82. The summed E-state index contributed by atoms with van der Waals surface area (Å²) in [4.78, 5) is 14.7. The highest BCUT2D eigenvalue weighted by Gasteiger charge is 2.27. The number of hydrogen-bond donors (Lipinski definition) is 1. The van der Waals surface area contributed by atoms with E-state index in [0.29, 0.717) is 24.3 Å². The number of benzene rings is 1. The van der Waals surface area contributed by atoms with Crippen LogP contribution in [0.4, 0.5) is 0 Å². The number of nitrogens with one attached hydrogen (secondary N) is 1. The van der Waals surface area contributed by atoms with Crippen molar-refractivity contribution in [2.75, 3.05) is 46.6 Å². The monoisotopic (exact) mass is 364 g/mol. The molecule has 1 heterocycles. The van der Waals surface area contributed by atoms with Crippen LogP contribution in [0.5, 0.6) is 11.5 Å². The fourth-order valence-electron chi connectivity index (χ4n) is 3.43.